The molecule has 6 aromatic heterocycles. The van der Waals surface area contributed by atoms with Gasteiger partial charge in [0.25, 0.3) is 0 Å². The Hall–Kier alpha value is -7.36. The standard InChI is InChI=1S/C88H94N4O2S6/c1-5-9-13-17-19-21-23-25-27-29-37-59-49-77(97-75(59)51-69-81(61(55-89)56-90)65-41-33-35-43-67(65)85(69)93)79-53-71-83(73-47-45-63(95-73)39-31-15-11-7-3)88-72(84(87(71)99-79)74-48-46-64(96-74)40-32-16-12-8-4)54-80(100-88)78-50-60(38-30-28-26-24-22-20-18-14-10-6-2)76(98-78)52-70-82(62(57-91)58-92)66-42-34-36-44-68(66)86(70)94/h33-36,41-54H,5-32,37-40H2,1-4H3/b69-51-,70-52-. The fourth-order valence-electron chi connectivity index (χ4n) is 14.6. The molecular formula is C88H94N4O2S6. The van der Waals surface area contributed by atoms with Crippen molar-refractivity contribution in [2.24, 2.45) is 0 Å². The number of aryl methyl sites for hydroxylation is 4. The summed E-state index contributed by atoms with van der Waals surface area (Å²) in [6.07, 6.45) is 42.1. The van der Waals surface area contributed by atoms with Gasteiger partial charge in [-0.2, -0.15) is 21.0 Å². The number of nitrogens with zero attached hydrogens (tertiary/aromatic N) is 4. The normalized spacial score (nSPS) is 13.5. The zero-order valence-corrected chi connectivity index (χ0v) is 64.0. The predicted octanol–water partition coefficient (Wildman–Crippen LogP) is 28.4. The van der Waals surface area contributed by atoms with Gasteiger partial charge in [0.2, 0.25) is 0 Å². The minimum absolute atomic E-state index is 0.0488. The molecule has 0 saturated carbocycles. The van der Waals surface area contributed by atoms with Crippen LogP contribution in [0.1, 0.15) is 270 Å². The van der Waals surface area contributed by atoms with Gasteiger partial charge < -0.3 is 0 Å². The molecule has 9 aromatic rings. The van der Waals surface area contributed by atoms with Crippen molar-refractivity contribution in [1.29, 1.82) is 21.0 Å². The van der Waals surface area contributed by atoms with E-state index in [1.54, 1.807) is 22.7 Å². The molecule has 0 amide bonds. The molecular weight excluding hydrogens is 1340 g/mol. The van der Waals surface area contributed by atoms with Crippen LogP contribution in [0.2, 0.25) is 0 Å². The molecule has 2 aliphatic carbocycles. The van der Waals surface area contributed by atoms with Crippen LogP contribution in [0.15, 0.2) is 119 Å². The Morgan fingerprint density at radius 2 is 0.650 bits per heavy atom. The maximum absolute atomic E-state index is 14.6. The summed E-state index contributed by atoms with van der Waals surface area (Å²) >= 11 is 11.1. The van der Waals surface area contributed by atoms with Crippen LogP contribution < -0.4 is 0 Å². The second kappa shape index (κ2) is 37.0. The molecule has 0 atom stereocenters. The highest BCUT2D eigenvalue weighted by Gasteiger charge is 2.35. The molecule has 11 rings (SSSR count). The van der Waals surface area contributed by atoms with E-state index in [2.05, 4.69) is 101 Å². The van der Waals surface area contributed by atoms with Crippen LogP contribution in [-0.2, 0) is 25.7 Å². The second-order valence-electron chi connectivity index (χ2n) is 27.3. The van der Waals surface area contributed by atoms with E-state index in [9.17, 15) is 30.6 Å². The third-order valence-corrected chi connectivity index (χ3v) is 27.3. The smallest absolute Gasteiger partial charge is 0.194 e. The van der Waals surface area contributed by atoms with Crippen LogP contribution in [0.4, 0.5) is 0 Å². The fraction of sp³-hybridized carbons (Fsp3) is 0.409. The molecule has 0 saturated heterocycles. The highest BCUT2D eigenvalue weighted by atomic mass is 32.1. The largest absolute Gasteiger partial charge is 0.289 e. The zero-order valence-electron chi connectivity index (χ0n) is 59.1. The van der Waals surface area contributed by atoms with Gasteiger partial charge in [0, 0.05) is 113 Å². The van der Waals surface area contributed by atoms with Gasteiger partial charge in [-0.1, -0.05) is 230 Å². The second-order valence-corrected chi connectivity index (χ2v) is 33.9. The van der Waals surface area contributed by atoms with E-state index in [1.807, 2.05) is 106 Å². The molecule has 100 heavy (non-hydrogen) atoms. The topological polar surface area (TPSA) is 129 Å². The quantitative estimate of drug-likeness (QED) is 0.0215. The summed E-state index contributed by atoms with van der Waals surface area (Å²) in [6.45, 7) is 9.09. The van der Waals surface area contributed by atoms with E-state index in [0.717, 1.165) is 83.7 Å². The van der Waals surface area contributed by atoms with Crippen molar-refractivity contribution in [3.63, 3.8) is 0 Å². The number of rotatable bonds is 38. The van der Waals surface area contributed by atoms with Crippen LogP contribution in [0.3, 0.4) is 0 Å². The van der Waals surface area contributed by atoms with E-state index in [0.29, 0.717) is 44.5 Å². The summed E-state index contributed by atoms with van der Waals surface area (Å²) in [6, 6.07) is 42.6. The van der Waals surface area contributed by atoms with Crippen LogP contribution in [0, 0.1) is 45.3 Å². The lowest BCUT2D eigenvalue weighted by molar-refractivity contribution is 0.103. The molecule has 6 heterocycles. The minimum atomic E-state index is -0.155. The van der Waals surface area contributed by atoms with Crippen LogP contribution in [0.25, 0.3) is 83.9 Å². The lowest BCUT2D eigenvalue weighted by atomic mass is 9.98. The van der Waals surface area contributed by atoms with Crippen molar-refractivity contribution in [3.8, 4) is 64.7 Å². The van der Waals surface area contributed by atoms with E-state index >= 15 is 0 Å². The number of benzene rings is 3. The molecule has 514 valence electrons. The van der Waals surface area contributed by atoms with E-state index in [-0.39, 0.29) is 22.7 Å². The number of fused-ring (bicyclic) bond motifs is 4. The summed E-state index contributed by atoms with van der Waals surface area (Å²) in [7, 11) is 0. The van der Waals surface area contributed by atoms with Gasteiger partial charge >= 0.3 is 0 Å². The maximum atomic E-state index is 14.6. The Morgan fingerprint density at radius 1 is 0.340 bits per heavy atom. The Bertz CT molecular complexity index is 4300. The van der Waals surface area contributed by atoms with Crippen molar-refractivity contribution >= 4 is 123 Å². The molecule has 0 fully saturated rings. The average molecular weight is 1430 g/mol. The van der Waals surface area contributed by atoms with Crippen molar-refractivity contribution in [1.82, 2.24) is 0 Å². The molecule has 0 spiro atoms. The van der Waals surface area contributed by atoms with Gasteiger partial charge in [0.05, 0.1) is 0 Å². The number of hydrogen-bond acceptors (Lipinski definition) is 12. The molecule has 6 nitrogen and oxygen atoms in total. The monoisotopic (exact) mass is 1430 g/mol. The highest BCUT2D eigenvalue weighted by Crippen LogP contribution is 2.56. The Morgan fingerprint density at radius 3 is 1.00 bits per heavy atom. The first kappa shape index (κ1) is 73.8. The summed E-state index contributed by atoms with van der Waals surface area (Å²) in [5.74, 6) is -0.310. The van der Waals surface area contributed by atoms with Crippen molar-refractivity contribution in [2.75, 3.05) is 0 Å². The number of thiophene rings is 6. The number of Topliss-reactive ketones (excluding diaryl/α,β-unsaturated/α-hetero) is 2. The Labute approximate surface area is 618 Å². The number of ketones is 2. The summed E-state index contributed by atoms with van der Waals surface area (Å²) < 4.78 is 2.51. The first-order chi connectivity index (χ1) is 49.1. The van der Waals surface area contributed by atoms with Crippen LogP contribution >= 0.6 is 68.0 Å². The van der Waals surface area contributed by atoms with E-state index in [1.165, 1.54) is 213 Å². The van der Waals surface area contributed by atoms with Crippen LogP contribution in [0.5, 0.6) is 0 Å². The van der Waals surface area contributed by atoms with Crippen LogP contribution in [-0.4, -0.2) is 11.6 Å². The number of hydrogen-bond donors (Lipinski definition) is 0. The first-order valence-corrected chi connectivity index (χ1v) is 42.3. The highest BCUT2D eigenvalue weighted by molar-refractivity contribution is 7.29. The SMILES string of the molecule is CCCCCCCCCCCCc1cc(-c2cc3c(-c4ccc(CCCCCC)s4)c4sc(-c5cc(CCCCCCCCCCCC)c(/C=C6\C(=O)c7ccccc7C6=C(C#N)C#N)s5)cc4c(-c4ccc(CCCCCC)s4)c3s2)sc1/C=C1\C(=O)c2ccccc2C1=C(C#N)C#N. The number of nitriles is 4. The number of carbonyl (C=O) groups is 2. The third-order valence-electron chi connectivity index (χ3n) is 20.0. The van der Waals surface area contributed by atoms with Gasteiger partial charge in [-0.05, 0) is 134 Å². The molecule has 0 aliphatic heterocycles. The molecule has 0 radical (unpaired) electrons. The summed E-state index contributed by atoms with van der Waals surface area (Å²) in [5, 5.41) is 44.0. The molecule has 0 unspecified atom stereocenters. The average Bonchev–Trinajstić information content (AvgIpc) is 1.58. The van der Waals surface area contributed by atoms with Gasteiger partial charge in [-0.3, -0.25) is 9.59 Å². The number of carbonyl (C=O) groups excluding carboxylic acids is 2. The van der Waals surface area contributed by atoms with Crippen molar-refractivity contribution in [3.05, 3.63) is 172 Å². The van der Waals surface area contributed by atoms with E-state index < -0.39 is 0 Å². The zero-order chi connectivity index (χ0) is 69.7. The molecule has 3 aromatic carbocycles. The fourth-order valence-corrected chi connectivity index (χ4v) is 21.9. The third kappa shape index (κ3) is 17.4. The Kier molecular flexibility index (Phi) is 27.3. The van der Waals surface area contributed by atoms with E-state index in [4.69, 9.17) is 0 Å². The molecule has 0 N–H and O–H groups in total. The maximum Gasteiger partial charge on any atom is 0.194 e. The van der Waals surface area contributed by atoms with Gasteiger partial charge in [-0.25, -0.2) is 0 Å². The first-order valence-electron chi connectivity index (χ1n) is 37.4. The molecule has 0 bridgehead atoms. The van der Waals surface area contributed by atoms with Gasteiger partial charge in [0.1, 0.15) is 35.4 Å². The van der Waals surface area contributed by atoms with Gasteiger partial charge in [-0.15, -0.1) is 68.0 Å². The lowest BCUT2D eigenvalue weighted by Gasteiger charge is -2.09. The minimum Gasteiger partial charge on any atom is -0.289 e. The molecule has 2 aliphatic rings. The number of allylic oxidation sites excluding steroid dienone is 6. The summed E-state index contributed by atoms with van der Waals surface area (Å²) in [5.41, 5.74) is 8.79. The van der Waals surface area contributed by atoms with Crippen molar-refractivity contribution in [2.45, 2.75) is 233 Å². The lowest BCUT2D eigenvalue weighted by Crippen LogP contribution is -1.96. The van der Waals surface area contributed by atoms with Crippen molar-refractivity contribution < 1.29 is 9.59 Å². The number of unbranched alkanes of at least 4 members (excludes halogenated alkanes) is 24. The molecule has 12 heteroatoms. The Balaban J connectivity index is 1.07. The van der Waals surface area contributed by atoms with Gasteiger partial charge in [0.15, 0.2) is 11.6 Å². The predicted molar refractivity (Wildman–Crippen MR) is 431 cm³/mol. The summed E-state index contributed by atoms with van der Waals surface area (Å²) in [4.78, 5) is 41.1.